The first-order valence-electron chi connectivity index (χ1n) is 4.02. The highest BCUT2D eigenvalue weighted by Gasteiger charge is 2.23. The highest BCUT2D eigenvalue weighted by atomic mass is 32.1. The zero-order valence-corrected chi connectivity index (χ0v) is 7.71. The summed E-state index contributed by atoms with van der Waals surface area (Å²) in [6.45, 7) is 1.21. The molecule has 1 aromatic rings. The summed E-state index contributed by atoms with van der Waals surface area (Å²) in [7, 11) is 0. The SMILES string of the molecule is O=C(Nc1cnns1)C1CCOC1. The summed E-state index contributed by atoms with van der Waals surface area (Å²) in [5.74, 6) is -0.00866. The van der Waals surface area contributed by atoms with Gasteiger partial charge in [-0.15, -0.1) is 5.10 Å². The summed E-state index contributed by atoms with van der Waals surface area (Å²) in [6, 6.07) is 0. The van der Waals surface area contributed by atoms with Crippen LogP contribution < -0.4 is 5.32 Å². The van der Waals surface area contributed by atoms with Crippen LogP contribution in [0.25, 0.3) is 0 Å². The molecule has 1 N–H and O–H groups in total. The highest BCUT2D eigenvalue weighted by molar-refractivity contribution is 7.10. The van der Waals surface area contributed by atoms with Crippen molar-refractivity contribution in [2.24, 2.45) is 5.92 Å². The fraction of sp³-hybridized carbons (Fsp3) is 0.571. The maximum atomic E-state index is 11.5. The van der Waals surface area contributed by atoms with Crippen LogP contribution in [-0.4, -0.2) is 28.7 Å². The van der Waals surface area contributed by atoms with Gasteiger partial charge in [0.15, 0.2) is 0 Å². The number of anilines is 1. The average molecular weight is 199 g/mol. The lowest BCUT2D eigenvalue weighted by Gasteiger charge is -2.05. The van der Waals surface area contributed by atoms with E-state index in [1.165, 1.54) is 11.5 Å². The third-order valence-corrected chi connectivity index (χ3v) is 2.49. The minimum absolute atomic E-state index is 0.00329. The number of hydrogen-bond donors (Lipinski definition) is 1. The van der Waals surface area contributed by atoms with Gasteiger partial charge in [-0.05, 0) is 6.42 Å². The van der Waals surface area contributed by atoms with Crippen molar-refractivity contribution >= 4 is 22.4 Å². The molecule has 1 aliphatic rings. The van der Waals surface area contributed by atoms with E-state index < -0.39 is 0 Å². The van der Waals surface area contributed by atoms with E-state index in [2.05, 4.69) is 14.9 Å². The lowest BCUT2D eigenvalue weighted by Crippen LogP contribution is -2.22. The normalized spacial score (nSPS) is 21.7. The summed E-state index contributed by atoms with van der Waals surface area (Å²) < 4.78 is 8.76. The van der Waals surface area contributed by atoms with Gasteiger partial charge in [0.05, 0.1) is 18.7 Å². The lowest BCUT2D eigenvalue weighted by molar-refractivity contribution is -0.119. The van der Waals surface area contributed by atoms with Gasteiger partial charge >= 0.3 is 0 Å². The molecule has 0 bridgehead atoms. The van der Waals surface area contributed by atoms with Crippen LogP contribution in [0.2, 0.25) is 0 Å². The van der Waals surface area contributed by atoms with E-state index >= 15 is 0 Å². The molecule has 1 atom stereocenters. The number of carbonyl (C=O) groups excluding carboxylic acids is 1. The quantitative estimate of drug-likeness (QED) is 0.754. The van der Waals surface area contributed by atoms with Crippen LogP contribution >= 0.6 is 11.5 Å². The van der Waals surface area contributed by atoms with E-state index in [-0.39, 0.29) is 11.8 Å². The molecular formula is C7H9N3O2S. The molecule has 0 spiro atoms. The van der Waals surface area contributed by atoms with Crippen LogP contribution in [0, 0.1) is 5.92 Å². The van der Waals surface area contributed by atoms with Gasteiger partial charge in [-0.1, -0.05) is 4.49 Å². The van der Waals surface area contributed by atoms with Crippen molar-refractivity contribution in [2.45, 2.75) is 6.42 Å². The first-order valence-corrected chi connectivity index (χ1v) is 4.79. The van der Waals surface area contributed by atoms with Crippen LogP contribution in [0.4, 0.5) is 5.00 Å². The highest BCUT2D eigenvalue weighted by Crippen LogP contribution is 2.16. The molecule has 2 rings (SSSR count). The number of rotatable bonds is 2. The summed E-state index contributed by atoms with van der Waals surface area (Å²) in [4.78, 5) is 11.5. The standard InChI is InChI=1S/C7H9N3O2S/c11-7(5-1-2-12-4-5)9-6-3-8-10-13-6/h3,5H,1-2,4H2,(H,9,11). The van der Waals surface area contributed by atoms with Crippen molar-refractivity contribution in [1.82, 2.24) is 9.59 Å². The Morgan fingerprint density at radius 1 is 1.77 bits per heavy atom. The number of nitrogens with one attached hydrogen (secondary N) is 1. The molecule has 6 heteroatoms. The second kappa shape index (κ2) is 3.80. The molecule has 5 nitrogen and oxygen atoms in total. The number of nitrogens with zero attached hydrogens (tertiary/aromatic N) is 2. The number of carbonyl (C=O) groups is 1. The Bertz CT molecular complexity index is 282. The average Bonchev–Trinajstić information content (AvgIpc) is 2.74. The molecule has 0 saturated carbocycles. The van der Waals surface area contributed by atoms with Gasteiger partial charge in [-0.3, -0.25) is 4.79 Å². The van der Waals surface area contributed by atoms with Crippen molar-refractivity contribution in [3.05, 3.63) is 6.20 Å². The van der Waals surface area contributed by atoms with Crippen molar-refractivity contribution in [3.8, 4) is 0 Å². The Morgan fingerprint density at radius 3 is 3.31 bits per heavy atom. The predicted octanol–water partition coefficient (Wildman–Crippen LogP) is 0.513. The van der Waals surface area contributed by atoms with Crippen molar-refractivity contribution in [3.63, 3.8) is 0 Å². The molecule has 1 aromatic heterocycles. The van der Waals surface area contributed by atoms with Gasteiger partial charge in [0.2, 0.25) is 5.91 Å². The summed E-state index contributed by atoms with van der Waals surface area (Å²) in [6.07, 6.45) is 2.34. The maximum absolute atomic E-state index is 11.5. The molecular weight excluding hydrogens is 190 g/mol. The Hall–Kier alpha value is -1.01. The maximum Gasteiger partial charge on any atom is 0.230 e. The topological polar surface area (TPSA) is 64.1 Å². The first kappa shape index (κ1) is 8.58. The van der Waals surface area contributed by atoms with Crippen molar-refractivity contribution < 1.29 is 9.53 Å². The Balaban J connectivity index is 1.91. The van der Waals surface area contributed by atoms with E-state index in [0.29, 0.717) is 18.2 Å². The van der Waals surface area contributed by atoms with E-state index in [1.807, 2.05) is 0 Å². The molecule has 0 aliphatic carbocycles. The molecule has 1 fully saturated rings. The molecule has 70 valence electrons. The van der Waals surface area contributed by atoms with E-state index in [9.17, 15) is 4.79 Å². The van der Waals surface area contributed by atoms with E-state index in [0.717, 1.165) is 6.42 Å². The second-order valence-corrected chi connectivity index (χ2v) is 3.62. The Labute approximate surface area is 79.3 Å². The van der Waals surface area contributed by atoms with Crippen molar-refractivity contribution in [2.75, 3.05) is 18.5 Å². The molecule has 1 aliphatic heterocycles. The zero-order chi connectivity index (χ0) is 9.10. The molecule has 2 heterocycles. The zero-order valence-electron chi connectivity index (χ0n) is 6.90. The van der Waals surface area contributed by atoms with Crippen LogP contribution in [0.1, 0.15) is 6.42 Å². The van der Waals surface area contributed by atoms with E-state index in [4.69, 9.17) is 4.74 Å². The molecule has 1 saturated heterocycles. The lowest BCUT2D eigenvalue weighted by atomic mass is 10.1. The molecule has 13 heavy (non-hydrogen) atoms. The smallest absolute Gasteiger partial charge is 0.230 e. The Kier molecular flexibility index (Phi) is 2.51. The van der Waals surface area contributed by atoms with Gasteiger partial charge < -0.3 is 10.1 Å². The number of aromatic nitrogens is 2. The number of ether oxygens (including phenoxy) is 1. The van der Waals surface area contributed by atoms with Crippen LogP contribution in [0.3, 0.4) is 0 Å². The number of hydrogen-bond acceptors (Lipinski definition) is 5. The summed E-state index contributed by atoms with van der Waals surface area (Å²) in [5, 5.41) is 7.05. The van der Waals surface area contributed by atoms with Gasteiger partial charge in [0, 0.05) is 18.1 Å². The third kappa shape index (κ3) is 2.02. The van der Waals surface area contributed by atoms with Gasteiger partial charge in [0.1, 0.15) is 5.00 Å². The van der Waals surface area contributed by atoms with Gasteiger partial charge in [-0.2, -0.15) is 0 Å². The summed E-state index contributed by atoms with van der Waals surface area (Å²) in [5.41, 5.74) is 0. The molecule has 1 unspecified atom stereocenters. The molecule has 1 amide bonds. The van der Waals surface area contributed by atoms with Gasteiger partial charge in [-0.25, -0.2) is 0 Å². The minimum atomic E-state index is -0.0119. The monoisotopic (exact) mass is 199 g/mol. The summed E-state index contributed by atoms with van der Waals surface area (Å²) >= 11 is 1.18. The van der Waals surface area contributed by atoms with Crippen LogP contribution in [0.15, 0.2) is 6.20 Å². The van der Waals surface area contributed by atoms with Gasteiger partial charge in [0.25, 0.3) is 0 Å². The molecule has 0 radical (unpaired) electrons. The van der Waals surface area contributed by atoms with Crippen LogP contribution in [-0.2, 0) is 9.53 Å². The molecule has 0 aromatic carbocycles. The predicted molar refractivity (Wildman–Crippen MR) is 47.5 cm³/mol. The fourth-order valence-corrected chi connectivity index (χ4v) is 1.61. The minimum Gasteiger partial charge on any atom is -0.381 e. The van der Waals surface area contributed by atoms with E-state index in [1.54, 1.807) is 6.20 Å². The second-order valence-electron chi connectivity index (χ2n) is 2.83. The first-order chi connectivity index (χ1) is 6.36. The largest absolute Gasteiger partial charge is 0.381 e. The fourth-order valence-electron chi connectivity index (χ4n) is 1.19. The van der Waals surface area contributed by atoms with Crippen LogP contribution in [0.5, 0.6) is 0 Å². The third-order valence-electron chi connectivity index (χ3n) is 1.91. The Morgan fingerprint density at radius 2 is 2.69 bits per heavy atom. The number of amides is 1. The van der Waals surface area contributed by atoms with Crippen molar-refractivity contribution in [1.29, 1.82) is 0 Å².